The minimum Gasteiger partial charge on any atom is -0.494 e. The van der Waals surface area contributed by atoms with Crippen LogP contribution in [0.15, 0.2) is 36.4 Å². The number of ether oxygens (including phenoxy) is 5. The van der Waals surface area contributed by atoms with Gasteiger partial charge in [0, 0.05) is 11.6 Å². The van der Waals surface area contributed by atoms with Crippen LogP contribution in [0.4, 0.5) is 4.39 Å². The summed E-state index contributed by atoms with van der Waals surface area (Å²) in [5.41, 5.74) is 0.671. The summed E-state index contributed by atoms with van der Waals surface area (Å²) in [7, 11) is 5.76. The maximum atomic E-state index is 13.7. The van der Waals surface area contributed by atoms with E-state index in [4.69, 9.17) is 23.7 Å². The lowest BCUT2D eigenvalue weighted by Gasteiger charge is -2.12. The first-order chi connectivity index (χ1) is 13.9. The number of Topliss-reactive ketones (excluding diaryl/α,β-unsaturated/α-hetero) is 1. The number of carbonyl (C=O) groups excluding carboxylic acids is 2. The molecule has 7 nitrogen and oxygen atoms in total. The van der Waals surface area contributed by atoms with Crippen molar-refractivity contribution in [2.24, 2.45) is 0 Å². The van der Waals surface area contributed by atoms with Gasteiger partial charge in [-0.05, 0) is 42.0 Å². The number of rotatable bonds is 9. The van der Waals surface area contributed by atoms with Gasteiger partial charge in [0.15, 0.2) is 35.5 Å². The fraction of sp³-hybridized carbons (Fsp3) is 0.238. The Kier molecular flexibility index (Phi) is 7.59. The summed E-state index contributed by atoms with van der Waals surface area (Å²) in [6.07, 6.45) is 2.63. The lowest BCUT2D eigenvalue weighted by atomic mass is 10.1. The SMILES string of the molecule is COc1ccc(C(=O)COC(=O)/C=C/c2cc(OC)c(OC)c(OC)c2)cc1F. The Morgan fingerprint density at radius 1 is 0.897 bits per heavy atom. The predicted octanol–water partition coefficient (Wildman–Crippen LogP) is 3.30. The van der Waals surface area contributed by atoms with Crippen LogP contribution in [0.25, 0.3) is 6.08 Å². The fourth-order valence-corrected chi connectivity index (χ4v) is 2.47. The zero-order chi connectivity index (χ0) is 21.4. The average molecular weight is 404 g/mol. The fourth-order valence-electron chi connectivity index (χ4n) is 2.47. The third kappa shape index (κ3) is 5.47. The number of halogens is 1. The summed E-state index contributed by atoms with van der Waals surface area (Å²) in [4.78, 5) is 24.0. The van der Waals surface area contributed by atoms with Crippen LogP contribution in [0, 0.1) is 5.82 Å². The molecule has 2 aromatic carbocycles. The third-order valence-corrected chi connectivity index (χ3v) is 3.92. The highest BCUT2D eigenvalue weighted by Gasteiger charge is 2.14. The molecule has 0 spiro atoms. The molecule has 0 aliphatic heterocycles. The number of ketones is 1. The van der Waals surface area contributed by atoms with Crippen molar-refractivity contribution in [1.29, 1.82) is 0 Å². The molecule has 2 rings (SSSR count). The zero-order valence-electron chi connectivity index (χ0n) is 16.5. The number of benzene rings is 2. The Hall–Kier alpha value is -3.55. The first-order valence-electron chi connectivity index (χ1n) is 8.45. The Bertz CT molecular complexity index is 896. The highest BCUT2D eigenvalue weighted by atomic mass is 19.1. The van der Waals surface area contributed by atoms with Crippen LogP contribution in [0.2, 0.25) is 0 Å². The Labute approximate surface area is 167 Å². The second-order valence-corrected chi connectivity index (χ2v) is 5.67. The second kappa shape index (κ2) is 10.1. The third-order valence-electron chi connectivity index (χ3n) is 3.92. The van der Waals surface area contributed by atoms with Gasteiger partial charge >= 0.3 is 5.97 Å². The van der Waals surface area contributed by atoms with Crippen molar-refractivity contribution < 1.29 is 37.7 Å². The van der Waals surface area contributed by atoms with Gasteiger partial charge in [0.25, 0.3) is 0 Å². The lowest BCUT2D eigenvalue weighted by molar-refractivity contribution is -0.136. The summed E-state index contributed by atoms with van der Waals surface area (Å²) in [6, 6.07) is 7.05. The van der Waals surface area contributed by atoms with Crippen molar-refractivity contribution in [3.05, 3.63) is 53.4 Å². The van der Waals surface area contributed by atoms with Crippen LogP contribution in [0.3, 0.4) is 0 Å². The summed E-state index contributed by atoms with van der Waals surface area (Å²) in [5, 5.41) is 0. The molecule has 0 aromatic heterocycles. The molecule has 0 saturated heterocycles. The largest absolute Gasteiger partial charge is 0.494 e. The van der Waals surface area contributed by atoms with E-state index in [2.05, 4.69) is 0 Å². The number of methoxy groups -OCH3 is 4. The molecule has 0 saturated carbocycles. The van der Waals surface area contributed by atoms with Gasteiger partial charge in [0.1, 0.15) is 0 Å². The molecule has 0 atom stereocenters. The summed E-state index contributed by atoms with van der Waals surface area (Å²) in [6.45, 7) is -0.524. The van der Waals surface area contributed by atoms with Crippen molar-refractivity contribution in [3.8, 4) is 23.0 Å². The van der Waals surface area contributed by atoms with E-state index in [-0.39, 0.29) is 11.3 Å². The molecule has 0 aliphatic rings. The Morgan fingerprint density at radius 3 is 2.03 bits per heavy atom. The molecular formula is C21H21FO7. The molecule has 0 heterocycles. The van der Waals surface area contributed by atoms with Crippen molar-refractivity contribution in [2.45, 2.75) is 0 Å². The van der Waals surface area contributed by atoms with E-state index in [1.807, 2.05) is 0 Å². The molecule has 29 heavy (non-hydrogen) atoms. The van der Waals surface area contributed by atoms with Crippen molar-refractivity contribution in [2.75, 3.05) is 35.0 Å². The number of hydrogen-bond acceptors (Lipinski definition) is 7. The molecule has 0 amide bonds. The smallest absolute Gasteiger partial charge is 0.331 e. The van der Waals surface area contributed by atoms with E-state index in [0.717, 1.165) is 12.1 Å². The van der Waals surface area contributed by atoms with E-state index in [0.29, 0.717) is 22.8 Å². The van der Waals surface area contributed by atoms with Gasteiger partial charge in [-0.25, -0.2) is 9.18 Å². The molecule has 8 heteroatoms. The Balaban J connectivity index is 2.02. The molecule has 0 radical (unpaired) electrons. The first-order valence-corrected chi connectivity index (χ1v) is 8.45. The number of hydrogen-bond donors (Lipinski definition) is 0. The normalized spacial score (nSPS) is 10.5. The molecule has 0 unspecified atom stereocenters. The average Bonchev–Trinajstić information content (AvgIpc) is 2.74. The molecule has 0 aliphatic carbocycles. The topological polar surface area (TPSA) is 80.3 Å². The molecule has 2 aromatic rings. The summed E-state index contributed by atoms with van der Waals surface area (Å²) in [5.74, 6) is -0.652. The highest BCUT2D eigenvalue weighted by Crippen LogP contribution is 2.38. The van der Waals surface area contributed by atoms with Crippen LogP contribution in [0.1, 0.15) is 15.9 Å². The zero-order valence-corrected chi connectivity index (χ0v) is 16.5. The molecular weight excluding hydrogens is 383 g/mol. The van der Waals surface area contributed by atoms with Gasteiger partial charge in [0.2, 0.25) is 5.75 Å². The van der Waals surface area contributed by atoms with E-state index in [1.54, 1.807) is 12.1 Å². The first kappa shape index (κ1) is 21.7. The van der Waals surface area contributed by atoms with E-state index >= 15 is 0 Å². The minimum absolute atomic E-state index is 0.0202. The van der Waals surface area contributed by atoms with Gasteiger partial charge in [-0.3, -0.25) is 4.79 Å². The van der Waals surface area contributed by atoms with Gasteiger partial charge in [-0.1, -0.05) is 0 Å². The Morgan fingerprint density at radius 2 is 1.52 bits per heavy atom. The molecule has 0 bridgehead atoms. The maximum absolute atomic E-state index is 13.7. The molecule has 0 N–H and O–H groups in total. The van der Waals surface area contributed by atoms with Gasteiger partial charge in [-0.2, -0.15) is 0 Å². The highest BCUT2D eigenvalue weighted by molar-refractivity contribution is 5.99. The van der Waals surface area contributed by atoms with Crippen molar-refractivity contribution >= 4 is 17.8 Å². The molecule has 0 fully saturated rings. The number of esters is 1. The second-order valence-electron chi connectivity index (χ2n) is 5.67. The quantitative estimate of drug-likeness (QED) is 0.360. The van der Waals surface area contributed by atoms with Crippen molar-refractivity contribution in [3.63, 3.8) is 0 Å². The minimum atomic E-state index is -0.735. The van der Waals surface area contributed by atoms with Crippen LogP contribution in [0.5, 0.6) is 23.0 Å². The van der Waals surface area contributed by atoms with Crippen molar-refractivity contribution in [1.82, 2.24) is 0 Å². The monoisotopic (exact) mass is 404 g/mol. The lowest BCUT2D eigenvalue weighted by Crippen LogP contribution is -2.12. The van der Waals surface area contributed by atoms with E-state index < -0.39 is 24.2 Å². The standard InChI is InChI=1S/C21H21FO7/c1-25-17-7-6-14(11-15(17)22)16(23)12-29-20(24)8-5-13-9-18(26-2)21(28-4)19(10-13)27-3/h5-11H,12H2,1-4H3/b8-5+. The van der Waals surface area contributed by atoms with Gasteiger partial charge in [0.05, 0.1) is 28.4 Å². The van der Waals surface area contributed by atoms with E-state index in [9.17, 15) is 14.0 Å². The maximum Gasteiger partial charge on any atom is 0.331 e. The van der Waals surface area contributed by atoms with Crippen LogP contribution in [-0.4, -0.2) is 46.8 Å². The van der Waals surface area contributed by atoms with Crippen LogP contribution >= 0.6 is 0 Å². The summed E-state index contributed by atoms with van der Waals surface area (Å²) >= 11 is 0. The van der Waals surface area contributed by atoms with Gasteiger partial charge in [-0.15, -0.1) is 0 Å². The molecule has 154 valence electrons. The van der Waals surface area contributed by atoms with E-state index in [1.165, 1.54) is 46.6 Å². The predicted molar refractivity (Wildman–Crippen MR) is 103 cm³/mol. The van der Waals surface area contributed by atoms with Gasteiger partial charge < -0.3 is 23.7 Å². The summed E-state index contributed by atoms with van der Waals surface area (Å²) < 4.78 is 39.1. The van der Waals surface area contributed by atoms with Crippen LogP contribution in [-0.2, 0) is 9.53 Å². The number of carbonyl (C=O) groups is 2. The van der Waals surface area contributed by atoms with Crippen LogP contribution < -0.4 is 18.9 Å².